The molecule has 0 aliphatic heterocycles. The number of likely N-dealkylation sites (N-methyl/N-ethyl adjacent to an activating group) is 1. The van der Waals surface area contributed by atoms with Crippen LogP contribution in [-0.4, -0.2) is 18.8 Å². The average Bonchev–Trinajstić information content (AvgIpc) is 2.11. The van der Waals surface area contributed by atoms with E-state index in [4.69, 9.17) is 5.11 Å². The monoisotopic (exact) mass is 183 g/mol. The van der Waals surface area contributed by atoms with Crippen LogP contribution in [0.1, 0.15) is 17.2 Å². The molecular weight excluding hydrogens is 169 g/mol. The van der Waals surface area contributed by atoms with Crippen LogP contribution in [-0.2, 0) is 0 Å². The number of hydrogen-bond acceptors (Lipinski definition) is 2. The topological polar surface area (TPSA) is 32.3 Å². The molecule has 0 aliphatic carbocycles. The van der Waals surface area contributed by atoms with Gasteiger partial charge in [0.25, 0.3) is 0 Å². The zero-order chi connectivity index (χ0) is 9.84. The number of benzene rings is 1. The fraction of sp³-hybridized carbons (Fsp3) is 0.400. The molecule has 13 heavy (non-hydrogen) atoms. The van der Waals surface area contributed by atoms with Gasteiger partial charge >= 0.3 is 0 Å². The number of rotatable bonds is 3. The maximum absolute atomic E-state index is 13.3. The smallest absolute Gasteiger partial charge is 0.128 e. The molecule has 0 aliphatic rings. The fourth-order valence-electron chi connectivity index (χ4n) is 1.41. The minimum atomic E-state index is -0.318. The van der Waals surface area contributed by atoms with Crippen molar-refractivity contribution in [1.29, 1.82) is 0 Å². The van der Waals surface area contributed by atoms with E-state index >= 15 is 0 Å². The second kappa shape index (κ2) is 4.35. The van der Waals surface area contributed by atoms with Gasteiger partial charge in [0.05, 0.1) is 12.6 Å². The average molecular weight is 183 g/mol. The molecule has 0 saturated carbocycles. The van der Waals surface area contributed by atoms with Gasteiger partial charge < -0.3 is 10.4 Å². The van der Waals surface area contributed by atoms with Crippen molar-refractivity contribution in [1.82, 2.24) is 5.32 Å². The Labute approximate surface area is 77.4 Å². The predicted molar refractivity (Wildman–Crippen MR) is 50.0 cm³/mol. The van der Waals surface area contributed by atoms with E-state index in [1.807, 2.05) is 13.0 Å². The number of halogens is 1. The molecule has 1 unspecified atom stereocenters. The van der Waals surface area contributed by atoms with E-state index in [2.05, 4.69) is 5.32 Å². The van der Waals surface area contributed by atoms with Crippen molar-refractivity contribution in [2.75, 3.05) is 13.7 Å². The molecule has 0 bridgehead atoms. The summed E-state index contributed by atoms with van der Waals surface area (Å²) < 4.78 is 13.3. The Balaban J connectivity index is 3.10. The van der Waals surface area contributed by atoms with E-state index in [0.29, 0.717) is 5.56 Å². The van der Waals surface area contributed by atoms with Gasteiger partial charge in [0.15, 0.2) is 0 Å². The van der Waals surface area contributed by atoms with Crippen LogP contribution in [0.25, 0.3) is 0 Å². The highest BCUT2D eigenvalue weighted by atomic mass is 19.1. The van der Waals surface area contributed by atoms with Crippen molar-refractivity contribution in [2.24, 2.45) is 0 Å². The molecule has 0 spiro atoms. The van der Waals surface area contributed by atoms with E-state index in [0.717, 1.165) is 5.56 Å². The van der Waals surface area contributed by atoms with Crippen molar-refractivity contribution in [3.05, 3.63) is 35.1 Å². The molecule has 72 valence electrons. The molecule has 2 nitrogen and oxygen atoms in total. The van der Waals surface area contributed by atoms with Crippen molar-refractivity contribution in [3.63, 3.8) is 0 Å². The Morgan fingerprint density at radius 3 is 2.69 bits per heavy atom. The van der Waals surface area contributed by atoms with Gasteiger partial charge in [0.2, 0.25) is 0 Å². The van der Waals surface area contributed by atoms with Gasteiger partial charge in [-0.2, -0.15) is 0 Å². The standard InChI is InChI=1S/C10H14FNO/c1-7-4-3-5-8(11)10(7)9(6-13)12-2/h3-5,9,12-13H,6H2,1-2H3. The van der Waals surface area contributed by atoms with Crippen LogP contribution >= 0.6 is 0 Å². The van der Waals surface area contributed by atoms with Crippen LogP contribution in [0.5, 0.6) is 0 Å². The van der Waals surface area contributed by atoms with E-state index in [1.54, 1.807) is 13.1 Å². The first-order valence-corrected chi connectivity index (χ1v) is 4.23. The minimum Gasteiger partial charge on any atom is -0.394 e. The lowest BCUT2D eigenvalue weighted by molar-refractivity contribution is 0.247. The molecule has 0 amide bonds. The molecule has 0 aromatic heterocycles. The van der Waals surface area contributed by atoms with Crippen LogP contribution < -0.4 is 5.32 Å². The molecule has 1 aromatic rings. The molecule has 1 atom stereocenters. The van der Waals surface area contributed by atoms with Gasteiger partial charge in [0.1, 0.15) is 5.82 Å². The lowest BCUT2D eigenvalue weighted by Crippen LogP contribution is -2.22. The largest absolute Gasteiger partial charge is 0.394 e. The van der Waals surface area contributed by atoms with Crippen LogP contribution in [0.15, 0.2) is 18.2 Å². The number of aliphatic hydroxyl groups is 1. The number of hydrogen-bond donors (Lipinski definition) is 2. The second-order valence-corrected chi connectivity index (χ2v) is 2.99. The lowest BCUT2D eigenvalue weighted by atomic mass is 10.0. The molecular formula is C10H14FNO. The van der Waals surface area contributed by atoms with Crippen molar-refractivity contribution < 1.29 is 9.50 Å². The zero-order valence-electron chi connectivity index (χ0n) is 7.84. The van der Waals surface area contributed by atoms with Crippen LogP contribution in [0.3, 0.4) is 0 Å². The zero-order valence-corrected chi connectivity index (χ0v) is 7.84. The second-order valence-electron chi connectivity index (χ2n) is 2.99. The Morgan fingerprint density at radius 2 is 2.23 bits per heavy atom. The van der Waals surface area contributed by atoms with Gasteiger partial charge in [-0.3, -0.25) is 0 Å². The van der Waals surface area contributed by atoms with Gasteiger partial charge in [0, 0.05) is 5.56 Å². The van der Waals surface area contributed by atoms with Gasteiger partial charge in [-0.05, 0) is 25.6 Å². The van der Waals surface area contributed by atoms with Gasteiger partial charge in [-0.1, -0.05) is 12.1 Å². The first-order valence-electron chi connectivity index (χ1n) is 4.23. The molecule has 2 N–H and O–H groups in total. The van der Waals surface area contributed by atoms with Gasteiger partial charge in [-0.25, -0.2) is 4.39 Å². The summed E-state index contributed by atoms with van der Waals surface area (Å²) in [5.41, 5.74) is 1.40. The number of aryl methyl sites for hydroxylation is 1. The summed E-state index contributed by atoms with van der Waals surface area (Å²) in [6.07, 6.45) is 0. The van der Waals surface area contributed by atoms with Crippen LogP contribution in [0, 0.1) is 12.7 Å². The highest BCUT2D eigenvalue weighted by Gasteiger charge is 2.14. The summed E-state index contributed by atoms with van der Waals surface area (Å²) in [6.45, 7) is 1.73. The summed E-state index contributed by atoms with van der Waals surface area (Å²) >= 11 is 0. The molecule has 3 heteroatoms. The summed E-state index contributed by atoms with van der Waals surface area (Å²) in [6, 6.07) is 4.58. The lowest BCUT2D eigenvalue weighted by Gasteiger charge is -2.16. The van der Waals surface area contributed by atoms with E-state index in [-0.39, 0.29) is 18.5 Å². The maximum Gasteiger partial charge on any atom is 0.128 e. The van der Waals surface area contributed by atoms with Crippen molar-refractivity contribution >= 4 is 0 Å². The number of aliphatic hydroxyl groups excluding tert-OH is 1. The third kappa shape index (κ3) is 2.05. The normalized spacial score (nSPS) is 12.9. The molecule has 0 fully saturated rings. The third-order valence-electron chi connectivity index (χ3n) is 2.15. The SMILES string of the molecule is CNC(CO)c1c(C)cccc1F. The predicted octanol–water partition coefficient (Wildman–Crippen LogP) is 1.39. The molecule has 1 aromatic carbocycles. The van der Waals surface area contributed by atoms with Crippen molar-refractivity contribution in [3.8, 4) is 0 Å². The minimum absolute atomic E-state index is 0.0989. The quantitative estimate of drug-likeness (QED) is 0.742. The molecule has 0 radical (unpaired) electrons. The highest BCUT2D eigenvalue weighted by molar-refractivity contribution is 5.30. The van der Waals surface area contributed by atoms with E-state index < -0.39 is 0 Å². The summed E-state index contributed by atoms with van der Waals surface area (Å²) in [7, 11) is 1.70. The summed E-state index contributed by atoms with van der Waals surface area (Å²) in [5.74, 6) is -0.270. The Morgan fingerprint density at radius 1 is 1.54 bits per heavy atom. The Bertz CT molecular complexity index is 264. The Hall–Kier alpha value is -0.930. The fourth-order valence-corrected chi connectivity index (χ4v) is 1.41. The third-order valence-corrected chi connectivity index (χ3v) is 2.15. The molecule has 0 heterocycles. The van der Waals surface area contributed by atoms with E-state index in [9.17, 15) is 4.39 Å². The van der Waals surface area contributed by atoms with Gasteiger partial charge in [-0.15, -0.1) is 0 Å². The highest BCUT2D eigenvalue weighted by Crippen LogP contribution is 2.20. The van der Waals surface area contributed by atoms with Crippen molar-refractivity contribution in [2.45, 2.75) is 13.0 Å². The first-order chi connectivity index (χ1) is 6.20. The summed E-state index contributed by atoms with van der Waals surface area (Å²) in [4.78, 5) is 0. The maximum atomic E-state index is 13.3. The Kier molecular flexibility index (Phi) is 3.39. The molecule has 1 rings (SSSR count). The first kappa shape index (κ1) is 10.2. The van der Waals surface area contributed by atoms with E-state index in [1.165, 1.54) is 6.07 Å². The number of nitrogens with one attached hydrogen (secondary N) is 1. The van der Waals surface area contributed by atoms with Crippen LogP contribution in [0.4, 0.5) is 4.39 Å². The summed E-state index contributed by atoms with van der Waals surface area (Å²) in [5, 5.41) is 11.9. The van der Waals surface area contributed by atoms with Crippen LogP contribution in [0.2, 0.25) is 0 Å². The molecule has 0 saturated heterocycles.